The Morgan fingerprint density at radius 3 is 2.61 bits per heavy atom. The van der Waals surface area contributed by atoms with Gasteiger partial charge in [-0.05, 0) is 18.2 Å². The van der Waals surface area contributed by atoms with E-state index in [1.807, 2.05) is 0 Å². The molecular formula is C18H13FN2O6S. The van der Waals surface area contributed by atoms with Crippen molar-refractivity contribution in [1.29, 1.82) is 5.26 Å². The van der Waals surface area contributed by atoms with Crippen LogP contribution in [0.4, 0.5) is 4.39 Å². The van der Waals surface area contributed by atoms with Crippen LogP contribution in [0.2, 0.25) is 0 Å². The van der Waals surface area contributed by atoms with E-state index in [-0.39, 0.29) is 40.5 Å². The van der Waals surface area contributed by atoms with Crippen LogP contribution in [0, 0.1) is 17.1 Å². The van der Waals surface area contributed by atoms with E-state index in [0.717, 1.165) is 12.1 Å². The van der Waals surface area contributed by atoms with E-state index in [0.29, 0.717) is 0 Å². The minimum absolute atomic E-state index is 0.00880. The fourth-order valence-corrected chi connectivity index (χ4v) is 4.27. The van der Waals surface area contributed by atoms with Crippen LogP contribution in [-0.4, -0.2) is 33.5 Å². The number of sulfonamides is 1. The number of ketones is 1. The van der Waals surface area contributed by atoms with E-state index in [1.54, 1.807) is 6.07 Å². The molecule has 0 amide bonds. The number of nitrogens with zero attached hydrogens (tertiary/aromatic N) is 1. The first-order valence-electron chi connectivity index (χ1n) is 8.12. The molecule has 8 nitrogen and oxygen atoms in total. The summed E-state index contributed by atoms with van der Waals surface area (Å²) in [6, 6.07) is 9.08. The normalized spacial score (nSPS) is 20.2. The summed E-state index contributed by atoms with van der Waals surface area (Å²) in [7, 11) is -4.20. The number of carbonyl (C=O) groups excluding carboxylic acids is 1. The fourth-order valence-electron chi connectivity index (χ4n) is 3.46. The third kappa shape index (κ3) is 2.76. The van der Waals surface area contributed by atoms with Crippen LogP contribution in [0.25, 0.3) is 0 Å². The summed E-state index contributed by atoms with van der Waals surface area (Å²) in [5.41, 5.74) is -0.0252. The lowest BCUT2D eigenvalue weighted by atomic mass is 10.1. The van der Waals surface area contributed by atoms with E-state index < -0.39 is 33.5 Å². The maximum absolute atomic E-state index is 13.8. The van der Waals surface area contributed by atoms with Gasteiger partial charge in [0.25, 0.3) is 0 Å². The highest BCUT2D eigenvalue weighted by molar-refractivity contribution is 7.89. The number of nitrogens with two attached hydrogens (primary N) is 1. The van der Waals surface area contributed by atoms with Gasteiger partial charge in [-0.3, -0.25) is 4.79 Å². The topological polar surface area (TPSA) is 129 Å². The van der Waals surface area contributed by atoms with Crippen molar-refractivity contribution < 1.29 is 31.8 Å². The molecule has 10 heteroatoms. The molecule has 1 atom stereocenters. The number of ether oxygens (including phenoxy) is 3. The largest absolute Gasteiger partial charge is 0.476 e. The second kappa shape index (κ2) is 6.35. The second-order valence-corrected chi connectivity index (χ2v) is 7.77. The van der Waals surface area contributed by atoms with Gasteiger partial charge in [0.1, 0.15) is 11.6 Å². The zero-order chi connectivity index (χ0) is 20.1. The Morgan fingerprint density at radius 1 is 1.25 bits per heavy atom. The molecule has 28 heavy (non-hydrogen) atoms. The highest BCUT2D eigenvalue weighted by atomic mass is 32.2. The lowest BCUT2D eigenvalue weighted by Gasteiger charge is -2.30. The first kappa shape index (κ1) is 18.5. The molecule has 0 saturated carbocycles. The molecule has 1 spiro atoms. The fraction of sp³-hybridized carbons (Fsp3) is 0.222. The summed E-state index contributed by atoms with van der Waals surface area (Å²) in [6.45, 7) is 0.163. The van der Waals surface area contributed by atoms with E-state index in [2.05, 4.69) is 0 Å². The van der Waals surface area contributed by atoms with Crippen molar-refractivity contribution in [2.24, 2.45) is 5.14 Å². The molecular weight excluding hydrogens is 391 g/mol. The molecule has 144 valence electrons. The van der Waals surface area contributed by atoms with Crippen molar-refractivity contribution in [3.63, 3.8) is 0 Å². The summed E-state index contributed by atoms with van der Waals surface area (Å²) < 4.78 is 54.9. The van der Waals surface area contributed by atoms with Crippen LogP contribution in [-0.2, 0) is 25.3 Å². The highest BCUT2D eigenvalue weighted by Gasteiger charge is 2.60. The third-order valence-electron chi connectivity index (χ3n) is 4.50. The molecule has 2 aromatic carbocycles. The summed E-state index contributed by atoms with van der Waals surface area (Å²) in [4.78, 5) is 12.7. The number of rotatable bonds is 3. The molecule has 0 aromatic heterocycles. The zero-order valence-corrected chi connectivity index (χ0v) is 15.0. The summed E-state index contributed by atoms with van der Waals surface area (Å²) in [5.74, 6) is -3.28. The van der Waals surface area contributed by atoms with Crippen LogP contribution in [0.5, 0.6) is 5.75 Å². The Kier molecular flexibility index (Phi) is 4.20. The Hall–Kier alpha value is -2.84. The Morgan fingerprint density at radius 2 is 1.96 bits per heavy atom. The maximum atomic E-state index is 13.8. The molecule has 2 aliphatic rings. The Bertz CT molecular complexity index is 1140. The van der Waals surface area contributed by atoms with Crippen molar-refractivity contribution in [3.8, 4) is 11.8 Å². The lowest BCUT2D eigenvalue weighted by molar-refractivity contribution is -0.203. The number of halogens is 1. The van der Waals surface area contributed by atoms with Crippen molar-refractivity contribution in [2.45, 2.75) is 16.8 Å². The van der Waals surface area contributed by atoms with Gasteiger partial charge in [-0.2, -0.15) is 5.26 Å². The van der Waals surface area contributed by atoms with Gasteiger partial charge in [0.05, 0.1) is 29.7 Å². The average Bonchev–Trinajstić information content (AvgIpc) is 3.21. The molecule has 1 unspecified atom stereocenters. The third-order valence-corrected chi connectivity index (χ3v) is 5.45. The maximum Gasteiger partial charge on any atom is 0.243 e. The molecule has 2 aromatic rings. The number of Topliss-reactive ketones (excluding diaryl/α,β-unsaturated/α-hetero) is 1. The van der Waals surface area contributed by atoms with Crippen LogP contribution < -0.4 is 9.88 Å². The number of hydrogen-bond acceptors (Lipinski definition) is 7. The molecule has 1 fully saturated rings. The van der Waals surface area contributed by atoms with Gasteiger partial charge in [0, 0.05) is 17.2 Å². The SMILES string of the molecule is N#Cc1cc(F)cc(OC2C(=O)c3cccc(S(N)(=O)=O)c3C23OCCO3)c1. The monoisotopic (exact) mass is 404 g/mol. The predicted molar refractivity (Wildman–Crippen MR) is 91.3 cm³/mol. The van der Waals surface area contributed by atoms with E-state index in [9.17, 15) is 17.6 Å². The van der Waals surface area contributed by atoms with Crippen molar-refractivity contribution in [1.82, 2.24) is 0 Å². The summed E-state index contributed by atoms with van der Waals surface area (Å²) in [5, 5.41) is 14.3. The van der Waals surface area contributed by atoms with Crippen LogP contribution in [0.15, 0.2) is 41.3 Å². The van der Waals surface area contributed by atoms with Gasteiger partial charge in [-0.15, -0.1) is 0 Å². The minimum Gasteiger partial charge on any atom is -0.476 e. The van der Waals surface area contributed by atoms with Gasteiger partial charge in [-0.1, -0.05) is 12.1 Å². The Labute approximate surface area is 159 Å². The minimum atomic E-state index is -4.20. The number of carbonyl (C=O) groups is 1. The van der Waals surface area contributed by atoms with Gasteiger partial charge in [-0.25, -0.2) is 17.9 Å². The van der Waals surface area contributed by atoms with Crippen LogP contribution >= 0.6 is 0 Å². The average molecular weight is 404 g/mol. The van der Waals surface area contributed by atoms with Crippen LogP contribution in [0.3, 0.4) is 0 Å². The predicted octanol–water partition coefficient (Wildman–Crippen LogP) is 1.19. The number of primary sulfonamides is 1. The van der Waals surface area contributed by atoms with E-state index >= 15 is 0 Å². The van der Waals surface area contributed by atoms with E-state index in [1.165, 1.54) is 24.3 Å². The van der Waals surface area contributed by atoms with E-state index in [4.69, 9.17) is 24.6 Å². The number of nitriles is 1. The summed E-state index contributed by atoms with van der Waals surface area (Å²) >= 11 is 0. The van der Waals surface area contributed by atoms with Gasteiger partial charge >= 0.3 is 0 Å². The van der Waals surface area contributed by atoms with Gasteiger partial charge in [0.2, 0.25) is 27.7 Å². The summed E-state index contributed by atoms with van der Waals surface area (Å²) in [6.07, 6.45) is -1.44. The molecule has 0 radical (unpaired) electrons. The van der Waals surface area contributed by atoms with Gasteiger partial charge < -0.3 is 14.2 Å². The molecule has 1 aliphatic heterocycles. The molecule has 4 rings (SSSR count). The second-order valence-electron chi connectivity index (χ2n) is 6.24. The number of fused-ring (bicyclic) bond motifs is 2. The standard InChI is InChI=1S/C18H13FN2O6S/c19-11-6-10(9-20)7-12(8-11)27-17-16(22)13-2-1-3-14(28(21,23)24)15(13)18(17)25-4-5-26-18/h1-3,6-8,17H,4-5H2,(H2,21,23,24). The molecule has 1 aliphatic carbocycles. The first-order valence-corrected chi connectivity index (χ1v) is 9.67. The lowest BCUT2D eigenvalue weighted by Crippen LogP contribution is -2.44. The number of hydrogen-bond donors (Lipinski definition) is 1. The Balaban J connectivity index is 1.87. The van der Waals surface area contributed by atoms with Gasteiger partial charge in [0.15, 0.2) is 0 Å². The quantitative estimate of drug-likeness (QED) is 0.813. The number of benzene rings is 2. The molecule has 0 bridgehead atoms. The molecule has 1 saturated heterocycles. The van der Waals surface area contributed by atoms with Crippen molar-refractivity contribution >= 4 is 15.8 Å². The van der Waals surface area contributed by atoms with Crippen LogP contribution in [0.1, 0.15) is 21.5 Å². The van der Waals surface area contributed by atoms with Crippen molar-refractivity contribution in [3.05, 3.63) is 58.9 Å². The molecule has 1 heterocycles. The zero-order valence-electron chi connectivity index (χ0n) is 14.2. The first-order chi connectivity index (χ1) is 13.3. The van der Waals surface area contributed by atoms with Crippen molar-refractivity contribution in [2.75, 3.05) is 13.2 Å². The smallest absolute Gasteiger partial charge is 0.243 e. The molecule has 2 N–H and O–H groups in total. The highest BCUT2D eigenvalue weighted by Crippen LogP contribution is 2.47.